The van der Waals surface area contributed by atoms with Crippen LogP contribution in [0.25, 0.3) is 10.9 Å². The highest BCUT2D eigenvalue weighted by atomic mass is 35.5. The lowest BCUT2D eigenvalue weighted by Crippen LogP contribution is -2.36. The summed E-state index contributed by atoms with van der Waals surface area (Å²) in [5.74, 6) is 0.674. The molecule has 46 heavy (non-hydrogen) atoms. The van der Waals surface area contributed by atoms with Crippen LogP contribution < -0.4 is 20.1 Å². The minimum Gasteiger partial charge on any atom is -0.486 e. The highest BCUT2D eigenvalue weighted by Crippen LogP contribution is 2.38. The fraction of sp³-hybridized carbons (Fsp3) is 0.294. The normalized spacial score (nSPS) is 16.7. The van der Waals surface area contributed by atoms with Gasteiger partial charge in [-0.15, -0.1) is 0 Å². The number of carbonyl (C=O) groups is 1. The topological polar surface area (TPSA) is 131 Å². The van der Waals surface area contributed by atoms with E-state index in [0.29, 0.717) is 83.0 Å². The molecule has 0 aliphatic carbocycles. The van der Waals surface area contributed by atoms with E-state index in [4.69, 9.17) is 30.5 Å². The Kier molecular flexibility index (Phi) is 10.2. The number of carbonyl (C=O) groups excluding carboxylic acids is 1. The molecular weight excluding hydrogens is 608 g/mol. The van der Waals surface area contributed by atoms with Gasteiger partial charge in [-0.1, -0.05) is 23.7 Å². The molecule has 2 fully saturated rings. The number of aromatic nitrogens is 2. The predicted molar refractivity (Wildman–Crippen MR) is 175 cm³/mol. The van der Waals surface area contributed by atoms with Gasteiger partial charge in [0.2, 0.25) is 5.91 Å². The second kappa shape index (κ2) is 15.0. The molecule has 0 spiro atoms. The second-order valence-electron chi connectivity index (χ2n) is 10.8. The van der Waals surface area contributed by atoms with Crippen LogP contribution in [0.1, 0.15) is 17.7 Å². The van der Waals surface area contributed by atoms with Crippen LogP contribution in [-0.4, -0.2) is 72.9 Å². The van der Waals surface area contributed by atoms with Crippen LogP contribution in [0.2, 0.25) is 5.02 Å². The van der Waals surface area contributed by atoms with Gasteiger partial charge in [-0.3, -0.25) is 19.7 Å². The molecule has 4 aromatic rings. The fourth-order valence-electron chi connectivity index (χ4n) is 5.16. The summed E-state index contributed by atoms with van der Waals surface area (Å²) in [7, 11) is 0. The van der Waals surface area contributed by atoms with Crippen molar-refractivity contribution >= 4 is 45.5 Å². The number of rotatable bonds is 11. The van der Waals surface area contributed by atoms with Gasteiger partial charge in [-0.05, 0) is 36.4 Å². The summed E-state index contributed by atoms with van der Waals surface area (Å²) in [4.78, 5) is 24.1. The van der Waals surface area contributed by atoms with E-state index >= 15 is 0 Å². The summed E-state index contributed by atoms with van der Waals surface area (Å²) in [6.07, 6.45) is 7.15. The van der Waals surface area contributed by atoms with Gasteiger partial charge in [0, 0.05) is 61.7 Å². The number of anilines is 3. The van der Waals surface area contributed by atoms with E-state index in [9.17, 15) is 10.1 Å². The maximum absolute atomic E-state index is 13.1. The van der Waals surface area contributed by atoms with Gasteiger partial charge >= 0.3 is 0 Å². The van der Waals surface area contributed by atoms with Crippen molar-refractivity contribution in [1.29, 1.82) is 5.26 Å². The van der Waals surface area contributed by atoms with Crippen molar-refractivity contribution in [2.24, 2.45) is 0 Å². The highest BCUT2D eigenvalue weighted by Gasteiger charge is 2.21. The lowest BCUT2D eigenvalue weighted by Gasteiger charge is -2.25. The van der Waals surface area contributed by atoms with Crippen molar-refractivity contribution in [3.05, 3.63) is 89.4 Å². The predicted octanol–water partition coefficient (Wildman–Crippen LogP) is 5.47. The minimum atomic E-state index is -0.299. The monoisotopic (exact) mass is 640 g/mol. The average Bonchev–Trinajstić information content (AvgIpc) is 3.59. The first-order chi connectivity index (χ1) is 22.6. The van der Waals surface area contributed by atoms with E-state index in [-0.39, 0.29) is 18.6 Å². The first-order valence-electron chi connectivity index (χ1n) is 15.0. The highest BCUT2D eigenvalue weighted by molar-refractivity contribution is 6.32. The molecule has 0 bridgehead atoms. The van der Waals surface area contributed by atoms with E-state index in [1.165, 1.54) is 12.3 Å². The van der Waals surface area contributed by atoms with Gasteiger partial charge in [-0.2, -0.15) is 5.26 Å². The first-order valence-corrected chi connectivity index (χ1v) is 15.4. The number of hydrogen-bond acceptors (Lipinski definition) is 10. The van der Waals surface area contributed by atoms with Gasteiger partial charge in [0.1, 0.15) is 30.3 Å². The number of morpholine rings is 1. The number of fused-ring (bicyclic) bond motifs is 1. The zero-order valence-electron chi connectivity index (χ0n) is 25.1. The molecule has 0 unspecified atom stereocenters. The van der Waals surface area contributed by atoms with Crippen LogP contribution in [-0.2, 0) is 20.9 Å². The number of halogens is 1. The molecule has 1 atom stereocenters. The smallest absolute Gasteiger partial charge is 0.248 e. The Morgan fingerprint density at radius 1 is 1.11 bits per heavy atom. The van der Waals surface area contributed by atoms with Crippen LogP contribution in [0, 0.1) is 11.3 Å². The van der Waals surface area contributed by atoms with Crippen molar-refractivity contribution in [2.45, 2.75) is 19.1 Å². The summed E-state index contributed by atoms with van der Waals surface area (Å²) in [5, 5.41) is 17.3. The number of pyridine rings is 2. The number of ether oxygens (including phenoxy) is 4. The van der Waals surface area contributed by atoms with Crippen molar-refractivity contribution in [3.63, 3.8) is 0 Å². The van der Waals surface area contributed by atoms with Crippen molar-refractivity contribution < 1.29 is 23.7 Å². The number of nitrogens with zero attached hydrogens (tertiary/aromatic N) is 4. The van der Waals surface area contributed by atoms with Crippen LogP contribution in [0.4, 0.5) is 17.1 Å². The largest absolute Gasteiger partial charge is 0.486 e. The minimum absolute atomic E-state index is 0.151. The number of amides is 1. The molecule has 2 aliphatic rings. The molecule has 11 nitrogen and oxygen atoms in total. The molecule has 2 aromatic heterocycles. The Balaban J connectivity index is 1.26. The standard InChI is InChI=1S/C34H33ClN6O5/c35-28-16-24(6-7-31(28)45-21-25-4-1-2-9-37-25)39-34-23(19-36)20-38-29-18-32(46-26-8-13-44-22-26)30(17-27(29)34)40-33(42)5-3-10-41-11-14-43-15-12-41/h1-7,9,16-18,20,26H,8,10-15,21-22H2,(H,38,39)(H,40,42)/t26-/m0/s1. The number of nitriles is 1. The SMILES string of the molecule is N#Cc1cnc2cc(O[C@H]3CCOC3)c(NC(=O)C=CCN3CCOCC3)cc2c1Nc1ccc(OCc2ccccn2)c(Cl)c1. The van der Waals surface area contributed by atoms with Gasteiger partial charge < -0.3 is 29.6 Å². The molecule has 236 valence electrons. The number of hydrogen-bond donors (Lipinski definition) is 2. The van der Waals surface area contributed by atoms with Gasteiger partial charge in [0.05, 0.1) is 59.6 Å². The Morgan fingerprint density at radius 3 is 2.76 bits per heavy atom. The van der Waals surface area contributed by atoms with E-state index in [1.807, 2.05) is 30.3 Å². The zero-order chi connectivity index (χ0) is 31.7. The molecule has 6 rings (SSSR count). The van der Waals surface area contributed by atoms with Crippen molar-refractivity contribution in [3.8, 4) is 17.6 Å². The maximum atomic E-state index is 13.1. The molecule has 2 saturated heterocycles. The van der Waals surface area contributed by atoms with Crippen LogP contribution in [0.15, 0.2) is 73.1 Å². The maximum Gasteiger partial charge on any atom is 0.248 e. The van der Waals surface area contributed by atoms with Crippen LogP contribution in [0.3, 0.4) is 0 Å². The third kappa shape index (κ3) is 7.91. The number of benzene rings is 2. The third-order valence-corrected chi connectivity index (χ3v) is 7.86. The number of nitrogens with one attached hydrogen (secondary N) is 2. The van der Waals surface area contributed by atoms with E-state index < -0.39 is 0 Å². The summed E-state index contributed by atoms with van der Waals surface area (Å²) in [6.45, 7) is 5.02. The summed E-state index contributed by atoms with van der Waals surface area (Å²) in [6, 6.07) is 16.7. The zero-order valence-corrected chi connectivity index (χ0v) is 25.8. The summed E-state index contributed by atoms with van der Waals surface area (Å²) >= 11 is 6.58. The fourth-order valence-corrected chi connectivity index (χ4v) is 5.40. The Labute approximate surface area is 271 Å². The van der Waals surface area contributed by atoms with Crippen molar-refractivity contribution in [1.82, 2.24) is 14.9 Å². The summed E-state index contributed by atoms with van der Waals surface area (Å²) in [5.41, 5.74) is 3.29. The van der Waals surface area contributed by atoms with Gasteiger partial charge in [-0.25, -0.2) is 0 Å². The molecular formula is C34H33ClN6O5. The van der Waals surface area contributed by atoms with E-state index in [2.05, 4.69) is 31.6 Å². The molecule has 2 aliphatic heterocycles. The second-order valence-corrected chi connectivity index (χ2v) is 11.2. The first kappa shape index (κ1) is 31.3. The molecule has 2 aromatic carbocycles. The van der Waals surface area contributed by atoms with Gasteiger partial charge in [0.25, 0.3) is 0 Å². The third-order valence-electron chi connectivity index (χ3n) is 7.57. The average molecular weight is 641 g/mol. The van der Waals surface area contributed by atoms with Crippen LogP contribution >= 0.6 is 11.6 Å². The molecule has 0 radical (unpaired) electrons. The lowest BCUT2D eigenvalue weighted by molar-refractivity contribution is -0.111. The Bertz CT molecular complexity index is 1750. The Morgan fingerprint density at radius 2 is 2.00 bits per heavy atom. The van der Waals surface area contributed by atoms with E-state index in [1.54, 1.807) is 30.5 Å². The molecule has 12 heteroatoms. The lowest BCUT2D eigenvalue weighted by atomic mass is 10.1. The molecule has 2 N–H and O–H groups in total. The summed E-state index contributed by atoms with van der Waals surface area (Å²) < 4.78 is 23.0. The molecule has 1 amide bonds. The molecule has 0 saturated carbocycles. The van der Waals surface area contributed by atoms with Crippen LogP contribution in [0.5, 0.6) is 11.5 Å². The van der Waals surface area contributed by atoms with E-state index in [0.717, 1.165) is 25.2 Å². The molecule has 4 heterocycles. The Hall–Kier alpha value is -4.73. The van der Waals surface area contributed by atoms with Gasteiger partial charge in [0.15, 0.2) is 0 Å². The quantitative estimate of drug-likeness (QED) is 0.203. The van der Waals surface area contributed by atoms with Crippen molar-refractivity contribution in [2.75, 3.05) is 56.7 Å².